The summed E-state index contributed by atoms with van der Waals surface area (Å²) in [5.74, 6) is 1.38. The molecule has 0 aliphatic carbocycles. The maximum absolute atomic E-state index is 4.67. The predicted octanol–water partition coefficient (Wildman–Crippen LogP) is 2.65. The Kier molecular flexibility index (Phi) is 7.74. The number of hydrogen-bond donors (Lipinski definition) is 2. The molecular weight excluding hydrogens is 320 g/mol. The Morgan fingerprint density at radius 3 is 2.92 bits per heavy atom. The highest BCUT2D eigenvalue weighted by Gasteiger charge is 2.05. The van der Waals surface area contributed by atoms with Gasteiger partial charge >= 0.3 is 0 Å². The second-order valence-corrected chi connectivity index (χ2v) is 6.78. The second kappa shape index (κ2) is 10.1. The fourth-order valence-corrected chi connectivity index (χ4v) is 3.08. The van der Waals surface area contributed by atoms with E-state index in [9.17, 15) is 0 Å². The summed E-state index contributed by atoms with van der Waals surface area (Å²) in [5, 5.41) is 14.2. The highest BCUT2D eigenvalue weighted by molar-refractivity contribution is 7.09. The Balaban J connectivity index is 1.72. The largest absolute Gasteiger partial charge is 0.357 e. The van der Waals surface area contributed by atoms with Gasteiger partial charge in [0, 0.05) is 56.3 Å². The van der Waals surface area contributed by atoms with E-state index in [1.807, 2.05) is 16.9 Å². The van der Waals surface area contributed by atoms with Crippen molar-refractivity contribution >= 4 is 17.3 Å². The molecule has 2 N–H and O–H groups in total. The molecule has 2 aromatic rings. The van der Waals surface area contributed by atoms with Gasteiger partial charge in [-0.3, -0.25) is 9.67 Å². The number of aliphatic imine (C=N–C) groups is 1. The van der Waals surface area contributed by atoms with Crippen LogP contribution in [0, 0.1) is 0 Å². The predicted molar refractivity (Wildman–Crippen MR) is 101 cm³/mol. The van der Waals surface area contributed by atoms with Crippen LogP contribution >= 0.6 is 11.3 Å². The van der Waals surface area contributed by atoms with E-state index in [0.717, 1.165) is 50.7 Å². The molecule has 0 bridgehead atoms. The minimum Gasteiger partial charge on any atom is -0.357 e. The second-order valence-electron chi connectivity index (χ2n) is 5.89. The average molecular weight is 349 g/mol. The van der Waals surface area contributed by atoms with Gasteiger partial charge in [-0.1, -0.05) is 13.8 Å². The summed E-state index contributed by atoms with van der Waals surface area (Å²) in [6, 6.07) is 1.94. The van der Waals surface area contributed by atoms with Gasteiger partial charge in [-0.15, -0.1) is 11.3 Å². The molecular formula is C17H28N6S. The van der Waals surface area contributed by atoms with Crippen LogP contribution in [0.4, 0.5) is 0 Å². The number of nitrogens with one attached hydrogen (secondary N) is 2. The number of nitrogens with zero attached hydrogens (tertiary/aromatic N) is 4. The van der Waals surface area contributed by atoms with Gasteiger partial charge in [-0.2, -0.15) is 5.10 Å². The number of hydrogen-bond acceptors (Lipinski definition) is 4. The first-order valence-corrected chi connectivity index (χ1v) is 9.51. The first kappa shape index (κ1) is 18.4. The lowest BCUT2D eigenvalue weighted by atomic mass is 10.2. The van der Waals surface area contributed by atoms with Crippen molar-refractivity contribution in [2.45, 2.75) is 46.1 Å². The van der Waals surface area contributed by atoms with E-state index in [4.69, 9.17) is 0 Å². The van der Waals surface area contributed by atoms with Gasteiger partial charge in [-0.05, 0) is 19.4 Å². The van der Waals surface area contributed by atoms with Gasteiger partial charge in [-0.25, -0.2) is 4.98 Å². The molecule has 0 saturated heterocycles. The number of aryl methyl sites for hydroxylation is 1. The van der Waals surface area contributed by atoms with E-state index in [1.54, 1.807) is 17.5 Å². The smallest absolute Gasteiger partial charge is 0.191 e. The summed E-state index contributed by atoms with van der Waals surface area (Å²) in [5.41, 5.74) is 1.16. The Labute approximate surface area is 148 Å². The van der Waals surface area contributed by atoms with Crippen molar-refractivity contribution in [2.75, 3.05) is 19.6 Å². The monoisotopic (exact) mass is 348 g/mol. The van der Waals surface area contributed by atoms with Gasteiger partial charge in [0.2, 0.25) is 0 Å². The third-order valence-corrected chi connectivity index (χ3v) is 4.65. The Hall–Kier alpha value is -1.89. The summed E-state index contributed by atoms with van der Waals surface area (Å²) < 4.78 is 1.93. The first-order valence-electron chi connectivity index (χ1n) is 8.63. The number of rotatable bonds is 9. The Bertz CT molecular complexity index is 602. The van der Waals surface area contributed by atoms with E-state index >= 15 is 0 Å². The standard InChI is InChI=1S/C17H28N6S/c1-4-18-17(19-8-5-11-23-12-6-9-21-23)20-10-7-15-13-24-16(22-15)14(2)3/h6,9,12-14H,4-5,7-8,10-11H2,1-3H3,(H2,18,19,20). The quantitative estimate of drug-likeness (QED) is 0.415. The van der Waals surface area contributed by atoms with E-state index < -0.39 is 0 Å². The molecule has 0 atom stereocenters. The lowest BCUT2D eigenvalue weighted by Gasteiger charge is -2.10. The van der Waals surface area contributed by atoms with Crippen LogP contribution in [0.25, 0.3) is 0 Å². The molecule has 0 fully saturated rings. The fraction of sp³-hybridized carbons (Fsp3) is 0.588. The SMILES string of the molecule is CCNC(=NCCCn1cccn1)NCCc1csc(C(C)C)n1. The zero-order chi connectivity index (χ0) is 17.2. The third kappa shape index (κ3) is 6.31. The molecule has 0 amide bonds. The van der Waals surface area contributed by atoms with Crippen LogP contribution in [-0.4, -0.2) is 40.4 Å². The molecule has 24 heavy (non-hydrogen) atoms. The van der Waals surface area contributed by atoms with Crippen LogP contribution in [0.5, 0.6) is 0 Å². The molecule has 0 aromatic carbocycles. The van der Waals surface area contributed by atoms with Gasteiger partial charge < -0.3 is 10.6 Å². The van der Waals surface area contributed by atoms with Crippen molar-refractivity contribution < 1.29 is 0 Å². The maximum Gasteiger partial charge on any atom is 0.191 e. The number of thiazole rings is 1. The molecule has 7 heteroatoms. The molecule has 2 heterocycles. The van der Waals surface area contributed by atoms with Crippen molar-refractivity contribution in [1.82, 2.24) is 25.4 Å². The molecule has 2 aromatic heterocycles. The molecule has 0 aliphatic heterocycles. The van der Waals surface area contributed by atoms with Crippen LogP contribution in [-0.2, 0) is 13.0 Å². The topological polar surface area (TPSA) is 67.1 Å². The van der Waals surface area contributed by atoms with Gasteiger partial charge in [0.15, 0.2) is 5.96 Å². The van der Waals surface area contributed by atoms with Crippen LogP contribution in [0.2, 0.25) is 0 Å². The fourth-order valence-electron chi connectivity index (χ4n) is 2.21. The van der Waals surface area contributed by atoms with Crippen molar-refractivity contribution in [3.63, 3.8) is 0 Å². The maximum atomic E-state index is 4.67. The zero-order valence-corrected chi connectivity index (χ0v) is 15.6. The van der Waals surface area contributed by atoms with Crippen LogP contribution in [0.15, 0.2) is 28.8 Å². The number of guanidine groups is 1. The van der Waals surface area contributed by atoms with E-state index in [2.05, 4.69) is 51.9 Å². The molecule has 132 valence electrons. The summed E-state index contributed by atoms with van der Waals surface area (Å²) in [6.07, 6.45) is 5.67. The van der Waals surface area contributed by atoms with Crippen molar-refractivity contribution in [2.24, 2.45) is 4.99 Å². The molecule has 2 rings (SSSR count). The van der Waals surface area contributed by atoms with Crippen LogP contribution < -0.4 is 10.6 Å². The molecule has 0 aliphatic rings. The van der Waals surface area contributed by atoms with Gasteiger partial charge in [0.1, 0.15) is 0 Å². The van der Waals surface area contributed by atoms with E-state index in [-0.39, 0.29) is 0 Å². The first-order chi connectivity index (χ1) is 11.7. The van der Waals surface area contributed by atoms with E-state index in [0.29, 0.717) is 5.92 Å². The minimum absolute atomic E-state index is 0.505. The normalized spacial score (nSPS) is 11.9. The van der Waals surface area contributed by atoms with Crippen LogP contribution in [0.3, 0.4) is 0 Å². The molecule has 0 spiro atoms. The van der Waals surface area contributed by atoms with Crippen LogP contribution in [0.1, 0.15) is 43.8 Å². The van der Waals surface area contributed by atoms with Gasteiger partial charge in [0.25, 0.3) is 0 Å². The molecule has 0 saturated carbocycles. The van der Waals surface area contributed by atoms with Crippen molar-refractivity contribution in [3.8, 4) is 0 Å². The van der Waals surface area contributed by atoms with E-state index in [1.165, 1.54) is 5.01 Å². The van der Waals surface area contributed by atoms with Gasteiger partial charge in [0.05, 0.1) is 10.7 Å². The molecule has 6 nitrogen and oxygen atoms in total. The summed E-state index contributed by atoms with van der Waals surface area (Å²) in [7, 11) is 0. The lowest BCUT2D eigenvalue weighted by molar-refractivity contribution is 0.584. The van der Waals surface area contributed by atoms with Crippen molar-refractivity contribution in [3.05, 3.63) is 34.5 Å². The highest BCUT2D eigenvalue weighted by atomic mass is 32.1. The molecule has 0 unspecified atom stereocenters. The summed E-state index contributed by atoms with van der Waals surface area (Å²) in [6.45, 7) is 9.82. The zero-order valence-electron chi connectivity index (χ0n) is 14.8. The summed E-state index contributed by atoms with van der Waals surface area (Å²) in [4.78, 5) is 9.28. The highest BCUT2D eigenvalue weighted by Crippen LogP contribution is 2.19. The molecule has 0 radical (unpaired) electrons. The minimum atomic E-state index is 0.505. The van der Waals surface area contributed by atoms with Crippen molar-refractivity contribution in [1.29, 1.82) is 0 Å². The Morgan fingerprint density at radius 1 is 1.38 bits per heavy atom. The average Bonchev–Trinajstić information content (AvgIpc) is 3.23. The lowest BCUT2D eigenvalue weighted by Crippen LogP contribution is -2.38. The number of aromatic nitrogens is 3. The summed E-state index contributed by atoms with van der Waals surface area (Å²) >= 11 is 1.75. The third-order valence-electron chi connectivity index (χ3n) is 3.46. The Morgan fingerprint density at radius 2 is 2.25 bits per heavy atom.